The van der Waals surface area contributed by atoms with Gasteiger partial charge in [0.1, 0.15) is 12.1 Å². The van der Waals surface area contributed by atoms with Crippen molar-refractivity contribution in [3.63, 3.8) is 0 Å². The van der Waals surface area contributed by atoms with Crippen molar-refractivity contribution >= 4 is 26.7 Å². The summed E-state index contributed by atoms with van der Waals surface area (Å²) in [6.45, 7) is 3.09. The zero-order valence-electron chi connectivity index (χ0n) is 15.9. The van der Waals surface area contributed by atoms with Crippen molar-refractivity contribution in [2.24, 2.45) is 0 Å². The Morgan fingerprint density at radius 2 is 1.82 bits per heavy atom. The summed E-state index contributed by atoms with van der Waals surface area (Å²) in [4.78, 5) is 8.73. The fourth-order valence-electron chi connectivity index (χ4n) is 3.63. The van der Waals surface area contributed by atoms with Crippen LogP contribution >= 0.6 is 0 Å². The van der Waals surface area contributed by atoms with Gasteiger partial charge in [-0.05, 0) is 37.5 Å². The van der Waals surface area contributed by atoms with Crippen LogP contribution in [0.5, 0.6) is 0 Å². The number of piperidine rings is 1. The van der Waals surface area contributed by atoms with E-state index in [4.69, 9.17) is 0 Å². The molecule has 0 saturated carbocycles. The van der Waals surface area contributed by atoms with E-state index in [2.05, 4.69) is 21.4 Å². The van der Waals surface area contributed by atoms with Crippen LogP contribution < -0.4 is 5.32 Å². The minimum atomic E-state index is -3.29. The quantitative estimate of drug-likeness (QED) is 0.716. The average molecular weight is 397 g/mol. The van der Waals surface area contributed by atoms with Crippen molar-refractivity contribution in [3.05, 3.63) is 66.0 Å². The normalized spacial score (nSPS) is 16.3. The van der Waals surface area contributed by atoms with E-state index in [9.17, 15) is 8.42 Å². The first-order valence-electron chi connectivity index (χ1n) is 9.51. The molecule has 6 nitrogen and oxygen atoms in total. The predicted molar refractivity (Wildman–Crippen MR) is 112 cm³/mol. The summed E-state index contributed by atoms with van der Waals surface area (Å²) in [6.07, 6.45) is 3.08. The standard InChI is InChI=1S/C21H24N4O2S/c1-16-7-8-20-19(13-16)21(23-15-22-20)24-18-9-11-25(12-10-18)28(26,27)14-17-5-3-2-4-6-17/h2-8,13,15,18H,9-12,14H2,1H3,(H,22,23,24). The van der Waals surface area contributed by atoms with Crippen molar-refractivity contribution in [3.8, 4) is 0 Å². The lowest BCUT2D eigenvalue weighted by Gasteiger charge is -2.32. The van der Waals surface area contributed by atoms with Gasteiger partial charge in [-0.1, -0.05) is 42.0 Å². The molecule has 1 saturated heterocycles. The van der Waals surface area contributed by atoms with Crippen molar-refractivity contribution in [1.29, 1.82) is 0 Å². The molecule has 2 heterocycles. The average Bonchev–Trinajstić information content (AvgIpc) is 2.69. The van der Waals surface area contributed by atoms with Crippen LogP contribution in [0.2, 0.25) is 0 Å². The van der Waals surface area contributed by atoms with E-state index in [0.717, 1.165) is 40.7 Å². The monoisotopic (exact) mass is 396 g/mol. The van der Waals surface area contributed by atoms with E-state index < -0.39 is 10.0 Å². The van der Waals surface area contributed by atoms with Crippen LogP contribution in [-0.4, -0.2) is 41.8 Å². The summed E-state index contributed by atoms with van der Waals surface area (Å²) >= 11 is 0. The van der Waals surface area contributed by atoms with Crippen LogP contribution in [0.1, 0.15) is 24.0 Å². The largest absolute Gasteiger partial charge is 0.367 e. The molecule has 1 aliphatic heterocycles. The Hall–Kier alpha value is -2.51. The molecule has 7 heteroatoms. The first-order valence-corrected chi connectivity index (χ1v) is 11.1. The number of benzene rings is 2. The Balaban J connectivity index is 1.41. The van der Waals surface area contributed by atoms with Crippen molar-refractivity contribution in [1.82, 2.24) is 14.3 Å². The maximum absolute atomic E-state index is 12.7. The van der Waals surface area contributed by atoms with Gasteiger partial charge in [-0.15, -0.1) is 0 Å². The topological polar surface area (TPSA) is 75.2 Å². The van der Waals surface area contributed by atoms with Crippen LogP contribution in [0.3, 0.4) is 0 Å². The van der Waals surface area contributed by atoms with Crippen LogP contribution in [0.15, 0.2) is 54.9 Å². The third-order valence-corrected chi connectivity index (χ3v) is 7.02. The van der Waals surface area contributed by atoms with Crippen molar-refractivity contribution in [2.45, 2.75) is 31.6 Å². The Morgan fingerprint density at radius 1 is 1.07 bits per heavy atom. The summed E-state index contributed by atoms with van der Waals surface area (Å²) < 4.78 is 27.0. The van der Waals surface area contributed by atoms with Gasteiger partial charge in [0, 0.05) is 24.5 Å². The molecular weight excluding hydrogens is 372 g/mol. The minimum Gasteiger partial charge on any atom is -0.367 e. The highest BCUT2D eigenvalue weighted by molar-refractivity contribution is 7.88. The smallest absolute Gasteiger partial charge is 0.218 e. The summed E-state index contributed by atoms with van der Waals surface area (Å²) in [5, 5.41) is 4.50. The molecule has 146 valence electrons. The number of fused-ring (bicyclic) bond motifs is 1. The van der Waals surface area contributed by atoms with Crippen LogP contribution in [-0.2, 0) is 15.8 Å². The zero-order valence-corrected chi connectivity index (χ0v) is 16.7. The van der Waals surface area contributed by atoms with Gasteiger partial charge in [-0.3, -0.25) is 0 Å². The predicted octanol–water partition coefficient (Wildman–Crippen LogP) is 3.34. The molecule has 1 aliphatic rings. The lowest BCUT2D eigenvalue weighted by molar-refractivity contribution is 0.329. The summed E-state index contributed by atoms with van der Waals surface area (Å²) in [6, 6.07) is 15.7. The molecule has 4 rings (SSSR count). The second-order valence-electron chi connectivity index (χ2n) is 7.30. The third kappa shape index (κ3) is 4.15. The molecule has 0 amide bonds. The van der Waals surface area contributed by atoms with Gasteiger partial charge < -0.3 is 5.32 Å². The molecule has 28 heavy (non-hydrogen) atoms. The van der Waals surface area contributed by atoms with Gasteiger partial charge in [0.2, 0.25) is 10.0 Å². The molecule has 0 bridgehead atoms. The highest BCUT2D eigenvalue weighted by Gasteiger charge is 2.28. The number of nitrogens with one attached hydrogen (secondary N) is 1. The highest BCUT2D eigenvalue weighted by Crippen LogP contribution is 2.24. The Morgan fingerprint density at radius 3 is 2.57 bits per heavy atom. The first kappa shape index (κ1) is 18.8. The lowest BCUT2D eigenvalue weighted by Crippen LogP contribution is -2.42. The van der Waals surface area contributed by atoms with Crippen LogP contribution in [0.25, 0.3) is 10.9 Å². The number of rotatable bonds is 5. The Bertz CT molecular complexity index is 1060. The lowest BCUT2D eigenvalue weighted by atomic mass is 10.1. The van der Waals surface area contributed by atoms with E-state index in [1.165, 1.54) is 0 Å². The molecule has 1 N–H and O–H groups in total. The van der Waals surface area contributed by atoms with Gasteiger partial charge in [0.25, 0.3) is 0 Å². The fourth-order valence-corrected chi connectivity index (χ4v) is 5.20. The van der Waals surface area contributed by atoms with Crippen molar-refractivity contribution in [2.75, 3.05) is 18.4 Å². The number of anilines is 1. The number of aryl methyl sites for hydroxylation is 1. The van der Waals surface area contributed by atoms with E-state index in [1.54, 1.807) is 10.6 Å². The second kappa shape index (κ2) is 7.85. The number of sulfonamides is 1. The van der Waals surface area contributed by atoms with Gasteiger partial charge in [-0.25, -0.2) is 22.7 Å². The number of aromatic nitrogens is 2. The molecule has 3 aromatic rings. The number of nitrogens with zero attached hydrogens (tertiary/aromatic N) is 3. The van der Waals surface area contributed by atoms with E-state index in [1.807, 2.05) is 49.4 Å². The molecule has 0 aliphatic carbocycles. The van der Waals surface area contributed by atoms with Gasteiger partial charge in [0.15, 0.2) is 0 Å². The van der Waals surface area contributed by atoms with Gasteiger partial charge >= 0.3 is 0 Å². The molecule has 1 aromatic heterocycles. The third-order valence-electron chi connectivity index (χ3n) is 5.17. The SMILES string of the molecule is Cc1ccc2ncnc(NC3CCN(S(=O)(=O)Cc4ccccc4)CC3)c2c1. The molecule has 0 atom stereocenters. The van der Waals surface area contributed by atoms with E-state index in [0.29, 0.717) is 13.1 Å². The fraction of sp³-hybridized carbons (Fsp3) is 0.333. The highest BCUT2D eigenvalue weighted by atomic mass is 32.2. The molecule has 0 unspecified atom stereocenters. The molecule has 0 radical (unpaired) electrons. The van der Waals surface area contributed by atoms with E-state index in [-0.39, 0.29) is 11.8 Å². The number of hydrogen-bond donors (Lipinski definition) is 1. The Kier molecular flexibility index (Phi) is 5.28. The summed E-state index contributed by atoms with van der Waals surface area (Å²) in [7, 11) is -3.29. The maximum atomic E-state index is 12.7. The maximum Gasteiger partial charge on any atom is 0.218 e. The second-order valence-corrected chi connectivity index (χ2v) is 9.27. The summed E-state index contributed by atoms with van der Waals surface area (Å²) in [5.41, 5.74) is 2.89. The van der Waals surface area contributed by atoms with Crippen LogP contribution in [0, 0.1) is 6.92 Å². The molecule has 2 aromatic carbocycles. The number of hydrogen-bond acceptors (Lipinski definition) is 5. The Labute approximate surface area is 165 Å². The van der Waals surface area contributed by atoms with Crippen LogP contribution in [0.4, 0.5) is 5.82 Å². The first-order chi connectivity index (χ1) is 13.5. The summed E-state index contributed by atoms with van der Waals surface area (Å²) in [5.74, 6) is 0.876. The molecule has 0 spiro atoms. The molecular formula is C21H24N4O2S. The van der Waals surface area contributed by atoms with Crippen molar-refractivity contribution < 1.29 is 8.42 Å². The molecule has 1 fully saturated rings. The zero-order chi connectivity index (χ0) is 19.6. The van der Waals surface area contributed by atoms with E-state index >= 15 is 0 Å². The van der Waals surface area contributed by atoms with Gasteiger partial charge in [-0.2, -0.15) is 0 Å². The van der Waals surface area contributed by atoms with Gasteiger partial charge in [0.05, 0.1) is 11.3 Å². The minimum absolute atomic E-state index is 0.0573.